The van der Waals surface area contributed by atoms with Crippen LogP contribution in [0.15, 0.2) is 72.8 Å². The summed E-state index contributed by atoms with van der Waals surface area (Å²) >= 11 is 0. The van der Waals surface area contributed by atoms with E-state index in [1.165, 1.54) is 54.8 Å². The fourth-order valence-electron chi connectivity index (χ4n) is 4.78. The fraction of sp³-hybridized carbons (Fsp3) is 0.0833. The maximum atomic E-state index is 2.39. The average molecular weight is 319 g/mol. The van der Waals surface area contributed by atoms with Gasteiger partial charge in [-0.1, -0.05) is 66.7 Å². The number of nitrogens with zero attached hydrogens (tertiary/aromatic N) is 1. The molecule has 0 spiro atoms. The predicted molar refractivity (Wildman–Crippen MR) is 106 cm³/mol. The highest BCUT2D eigenvalue weighted by Crippen LogP contribution is 2.48. The van der Waals surface area contributed by atoms with Gasteiger partial charge in [-0.15, -0.1) is 0 Å². The molecule has 0 aliphatic heterocycles. The van der Waals surface area contributed by atoms with Crippen LogP contribution in [0.3, 0.4) is 0 Å². The van der Waals surface area contributed by atoms with Crippen LogP contribution in [-0.4, -0.2) is 4.57 Å². The monoisotopic (exact) mass is 319 g/mol. The smallest absolute Gasteiger partial charge is 0.0577 e. The largest absolute Gasteiger partial charge is 0.343 e. The molecule has 25 heavy (non-hydrogen) atoms. The highest BCUT2D eigenvalue weighted by atomic mass is 14.9. The van der Waals surface area contributed by atoms with Crippen LogP contribution in [0.5, 0.6) is 0 Å². The summed E-state index contributed by atoms with van der Waals surface area (Å²) < 4.78 is 2.39. The molecule has 5 aromatic rings. The summed E-state index contributed by atoms with van der Waals surface area (Å²) in [6.07, 6.45) is 1.03. The van der Waals surface area contributed by atoms with Crippen molar-refractivity contribution in [1.82, 2.24) is 4.57 Å². The van der Waals surface area contributed by atoms with Crippen molar-refractivity contribution in [3.8, 4) is 11.1 Å². The van der Waals surface area contributed by atoms with E-state index in [0.717, 1.165) is 6.42 Å². The van der Waals surface area contributed by atoms with Gasteiger partial charge in [0.25, 0.3) is 0 Å². The molecule has 1 heteroatoms. The molecule has 1 aromatic heterocycles. The van der Waals surface area contributed by atoms with Gasteiger partial charge in [0.15, 0.2) is 0 Å². The molecule has 0 fully saturated rings. The molecule has 1 aliphatic rings. The number of rotatable bonds is 0. The summed E-state index contributed by atoms with van der Waals surface area (Å²) in [7, 11) is 2.21. The molecule has 4 aromatic carbocycles. The van der Waals surface area contributed by atoms with Crippen LogP contribution >= 0.6 is 0 Å². The predicted octanol–water partition coefficient (Wildman–Crippen LogP) is 6.06. The normalized spacial score (nSPS) is 12.8. The number of para-hydroxylation sites is 1. The third-order valence-electron chi connectivity index (χ3n) is 5.82. The molecule has 0 atom stereocenters. The number of hydrogen-bond acceptors (Lipinski definition) is 0. The minimum absolute atomic E-state index is 1.03. The van der Waals surface area contributed by atoms with Gasteiger partial charge in [0.05, 0.1) is 5.52 Å². The van der Waals surface area contributed by atoms with E-state index < -0.39 is 0 Å². The van der Waals surface area contributed by atoms with Crippen LogP contribution in [0.4, 0.5) is 0 Å². The van der Waals surface area contributed by atoms with E-state index in [1.54, 1.807) is 0 Å². The van der Waals surface area contributed by atoms with Gasteiger partial charge >= 0.3 is 0 Å². The first-order valence-electron chi connectivity index (χ1n) is 8.83. The summed E-state index contributed by atoms with van der Waals surface area (Å²) in [6.45, 7) is 0. The number of aryl methyl sites for hydroxylation is 1. The Balaban J connectivity index is 1.99. The van der Waals surface area contributed by atoms with Crippen molar-refractivity contribution in [2.24, 2.45) is 7.05 Å². The Hall–Kier alpha value is -3.06. The SMILES string of the molecule is Cn1c2ccccc2c2c3ccccc3c3c(c21)-c1ccccc1C3. The van der Waals surface area contributed by atoms with Gasteiger partial charge in [-0.05, 0) is 39.9 Å². The summed E-state index contributed by atoms with van der Waals surface area (Å²) in [5.41, 5.74) is 8.44. The molecular weight excluding hydrogens is 302 g/mol. The molecular formula is C24H17N. The molecule has 118 valence electrons. The van der Waals surface area contributed by atoms with Crippen LogP contribution in [0.2, 0.25) is 0 Å². The minimum atomic E-state index is 1.03. The molecule has 0 bridgehead atoms. The van der Waals surface area contributed by atoms with E-state index in [-0.39, 0.29) is 0 Å². The van der Waals surface area contributed by atoms with Crippen molar-refractivity contribution < 1.29 is 0 Å². The Labute approximate surface area is 146 Å². The summed E-state index contributed by atoms with van der Waals surface area (Å²) in [4.78, 5) is 0. The third kappa shape index (κ3) is 1.54. The molecule has 1 aliphatic carbocycles. The van der Waals surface area contributed by atoms with Gasteiger partial charge in [0, 0.05) is 28.9 Å². The zero-order valence-corrected chi connectivity index (χ0v) is 14.1. The van der Waals surface area contributed by atoms with Crippen LogP contribution in [0.25, 0.3) is 43.7 Å². The van der Waals surface area contributed by atoms with Crippen molar-refractivity contribution in [3.05, 3.63) is 83.9 Å². The van der Waals surface area contributed by atoms with E-state index in [4.69, 9.17) is 0 Å². The van der Waals surface area contributed by atoms with E-state index in [9.17, 15) is 0 Å². The van der Waals surface area contributed by atoms with E-state index in [2.05, 4.69) is 84.4 Å². The van der Waals surface area contributed by atoms with Gasteiger partial charge in [-0.3, -0.25) is 0 Å². The molecule has 0 saturated heterocycles. The molecule has 0 radical (unpaired) electrons. The second kappa shape index (κ2) is 4.52. The number of fused-ring (bicyclic) bond motifs is 10. The molecule has 0 unspecified atom stereocenters. The van der Waals surface area contributed by atoms with E-state index in [1.807, 2.05) is 0 Å². The van der Waals surface area contributed by atoms with Gasteiger partial charge in [-0.25, -0.2) is 0 Å². The van der Waals surface area contributed by atoms with Gasteiger partial charge in [-0.2, -0.15) is 0 Å². The highest BCUT2D eigenvalue weighted by molar-refractivity contribution is 6.26. The van der Waals surface area contributed by atoms with E-state index in [0.29, 0.717) is 0 Å². The Kier molecular flexibility index (Phi) is 2.39. The Morgan fingerprint density at radius 3 is 2.28 bits per heavy atom. The summed E-state index contributed by atoms with van der Waals surface area (Å²) in [5, 5.41) is 5.52. The zero-order valence-electron chi connectivity index (χ0n) is 14.1. The Bertz CT molecular complexity index is 1320. The van der Waals surface area contributed by atoms with Crippen molar-refractivity contribution in [3.63, 3.8) is 0 Å². The standard InChI is InChI=1S/C24H17N/c1-25-21-13-7-6-12-19(21)23-18-11-5-4-10-17(18)20-14-15-8-2-3-9-16(15)22(20)24(23)25/h2-13H,14H2,1H3. The third-order valence-corrected chi connectivity index (χ3v) is 5.82. The lowest BCUT2D eigenvalue weighted by atomic mass is 9.94. The number of aromatic nitrogens is 1. The first kappa shape index (κ1) is 13.3. The second-order valence-electron chi connectivity index (χ2n) is 7.03. The Morgan fingerprint density at radius 1 is 0.720 bits per heavy atom. The van der Waals surface area contributed by atoms with E-state index >= 15 is 0 Å². The van der Waals surface area contributed by atoms with Crippen molar-refractivity contribution in [2.45, 2.75) is 6.42 Å². The van der Waals surface area contributed by atoms with Crippen LogP contribution in [-0.2, 0) is 13.5 Å². The molecule has 1 nitrogen and oxygen atoms in total. The maximum Gasteiger partial charge on any atom is 0.0577 e. The topological polar surface area (TPSA) is 4.93 Å². The lowest BCUT2D eigenvalue weighted by molar-refractivity contribution is 1.02. The molecule has 0 amide bonds. The Morgan fingerprint density at radius 2 is 1.40 bits per heavy atom. The van der Waals surface area contributed by atoms with Crippen molar-refractivity contribution in [1.29, 1.82) is 0 Å². The molecule has 1 heterocycles. The lowest BCUT2D eigenvalue weighted by Gasteiger charge is -2.11. The van der Waals surface area contributed by atoms with Gasteiger partial charge in [0.1, 0.15) is 0 Å². The van der Waals surface area contributed by atoms with Gasteiger partial charge < -0.3 is 4.57 Å². The van der Waals surface area contributed by atoms with Crippen molar-refractivity contribution in [2.75, 3.05) is 0 Å². The second-order valence-corrected chi connectivity index (χ2v) is 7.03. The fourth-order valence-corrected chi connectivity index (χ4v) is 4.78. The van der Waals surface area contributed by atoms with Gasteiger partial charge in [0.2, 0.25) is 0 Å². The minimum Gasteiger partial charge on any atom is -0.343 e. The molecule has 6 rings (SSSR count). The number of hydrogen-bond donors (Lipinski definition) is 0. The molecule has 0 N–H and O–H groups in total. The summed E-state index contributed by atoms with van der Waals surface area (Å²) in [5.74, 6) is 0. The number of benzene rings is 4. The molecule has 0 saturated carbocycles. The first-order valence-corrected chi connectivity index (χ1v) is 8.83. The quantitative estimate of drug-likeness (QED) is 0.321. The van der Waals surface area contributed by atoms with Crippen LogP contribution < -0.4 is 0 Å². The first-order chi connectivity index (χ1) is 12.3. The average Bonchev–Trinajstić information content (AvgIpc) is 3.19. The zero-order chi connectivity index (χ0) is 16.5. The van der Waals surface area contributed by atoms with Crippen molar-refractivity contribution >= 4 is 32.6 Å². The van der Waals surface area contributed by atoms with Crippen LogP contribution in [0, 0.1) is 0 Å². The maximum absolute atomic E-state index is 2.39. The summed E-state index contributed by atoms with van der Waals surface area (Å²) in [6, 6.07) is 26.6. The lowest BCUT2D eigenvalue weighted by Crippen LogP contribution is -1.92. The van der Waals surface area contributed by atoms with Crippen LogP contribution in [0.1, 0.15) is 11.1 Å². The highest BCUT2D eigenvalue weighted by Gasteiger charge is 2.26.